The molecule has 6 heteroatoms. The fourth-order valence-corrected chi connectivity index (χ4v) is 6.69. The highest BCUT2D eigenvalue weighted by Crippen LogP contribution is 2.13. The van der Waals surface area contributed by atoms with Crippen LogP contribution >= 0.6 is 0 Å². The van der Waals surface area contributed by atoms with Gasteiger partial charge >= 0.3 is 17.9 Å². The Kier molecular flexibility index (Phi) is 46.0. The quantitative estimate of drug-likeness (QED) is 0.0263. The Labute approximate surface area is 370 Å². The molecule has 60 heavy (non-hydrogen) atoms. The molecule has 1 atom stereocenters. The van der Waals surface area contributed by atoms with Crippen molar-refractivity contribution in [2.45, 2.75) is 239 Å². The molecule has 0 saturated heterocycles. The normalized spacial score (nSPS) is 12.7. The Hall–Kier alpha value is -3.15. The number of carbonyl (C=O) groups excluding carboxylic acids is 3. The van der Waals surface area contributed by atoms with Crippen LogP contribution in [-0.2, 0) is 28.6 Å². The van der Waals surface area contributed by atoms with Crippen molar-refractivity contribution in [2.75, 3.05) is 13.2 Å². The zero-order valence-electron chi connectivity index (χ0n) is 39.2. The Morgan fingerprint density at radius 2 is 0.700 bits per heavy atom. The maximum absolute atomic E-state index is 12.7. The van der Waals surface area contributed by atoms with Gasteiger partial charge in [0.05, 0.1) is 0 Å². The van der Waals surface area contributed by atoms with Gasteiger partial charge in [-0.15, -0.1) is 0 Å². The minimum Gasteiger partial charge on any atom is -0.462 e. The van der Waals surface area contributed by atoms with Crippen molar-refractivity contribution < 1.29 is 28.6 Å². The van der Waals surface area contributed by atoms with Crippen LogP contribution in [0, 0.1) is 0 Å². The molecule has 6 nitrogen and oxygen atoms in total. The molecule has 0 spiro atoms. The molecule has 0 aromatic rings. The molecule has 0 fully saturated rings. The average molecular weight is 837 g/mol. The molecule has 0 heterocycles. The summed E-state index contributed by atoms with van der Waals surface area (Å²) in [6.07, 6.45) is 60.6. The second-order valence-electron chi connectivity index (χ2n) is 16.3. The SMILES string of the molecule is CC/C=C\C/C=C\C/C=C\CCCC(=O)OCC(COC(=O)CCCCCCC/C=C\CCCCCCCCCCC)OC(=O)CC/C=C\C/C=C\CCCCCCCC. The predicted molar refractivity (Wildman–Crippen MR) is 256 cm³/mol. The number of hydrogen-bond donors (Lipinski definition) is 0. The summed E-state index contributed by atoms with van der Waals surface area (Å²) in [7, 11) is 0. The number of hydrogen-bond acceptors (Lipinski definition) is 6. The minimum atomic E-state index is -0.827. The Balaban J connectivity index is 4.45. The summed E-state index contributed by atoms with van der Waals surface area (Å²) >= 11 is 0. The van der Waals surface area contributed by atoms with Gasteiger partial charge in [-0.1, -0.05) is 196 Å². The zero-order valence-corrected chi connectivity index (χ0v) is 39.2. The van der Waals surface area contributed by atoms with E-state index in [-0.39, 0.29) is 38.0 Å². The lowest BCUT2D eigenvalue weighted by Gasteiger charge is -2.18. The molecule has 0 aromatic heterocycles. The Morgan fingerprint density at radius 3 is 1.17 bits per heavy atom. The Morgan fingerprint density at radius 1 is 0.350 bits per heavy atom. The van der Waals surface area contributed by atoms with Crippen molar-refractivity contribution in [3.63, 3.8) is 0 Å². The van der Waals surface area contributed by atoms with Gasteiger partial charge in [0, 0.05) is 19.3 Å². The monoisotopic (exact) mass is 837 g/mol. The number of carbonyl (C=O) groups is 3. The van der Waals surface area contributed by atoms with Crippen LogP contribution in [0.5, 0.6) is 0 Å². The van der Waals surface area contributed by atoms with E-state index >= 15 is 0 Å². The van der Waals surface area contributed by atoms with Crippen molar-refractivity contribution in [2.24, 2.45) is 0 Å². The van der Waals surface area contributed by atoms with Gasteiger partial charge in [0.15, 0.2) is 6.10 Å². The second kappa shape index (κ2) is 48.5. The lowest BCUT2D eigenvalue weighted by atomic mass is 10.1. The molecule has 0 bridgehead atoms. The van der Waals surface area contributed by atoms with Gasteiger partial charge in [-0.25, -0.2) is 0 Å². The fourth-order valence-electron chi connectivity index (χ4n) is 6.69. The van der Waals surface area contributed by atoms with E-state index in [1.54, 1.807) is 0 Å². The fraction of sp³-hybridized carbons (Fsp3) is 0.722. The number of unbranched alkanes of at least 4 members (excludes halogenated alkanes) is 21. The third-order valence-electron chi connectivity index (χ3n) is 10.4. The molecule has 0 aliphatic carbocycles. The van der Waals surface area contributed by atoms with Crippen molar-refractivity contribution in [1.82, 2.24) is 0 Å². The van der Waals surface area contributed by atoms with Crippen LogP contribution < -0.4 is 0 Å². The van der Waals surface area contributed by atoms with Crippen molar-refractivity contribution in [1.29, 1.82) is 0 Å². The van der Waals surface area contributed by atoms with E-state index in [2.05, 4.69) is 87.6 Å². The van der Waals surface area contributed by atoms with Gasteiger partial charge in [-0.3, -0.25) is 14.4 Å². The molecule has 344 valence electrons. The van der Waals surface area contributed by atoms with Crippen molar-refractivity contribution in [3.8, 4) is 0 Å². The van der Waals surface area contributed by atoms with E-state index in [9.17, 15) is 14.4 Å². The summed E-state index contributed by atoms with van der Waals surface area (Å²) in [6, 6.07) is 0. The summed E-state index contributed by atoms with van der Waals surface area (Å²) in [4.78, 5) is 37.8. The van der Waals surface area contributed by atoms with Crippen molar-refractivity contribution in [3.05, 3.63) is 72.9 Å². The zero-order chi connectivity index (χ0) is 43.7. The van der Waals surface area contributed by atoms with E-state index in [4.69, 9.17) is 14.2 Å². The summed E-state index contributed by atoms with van der Waals surface area (Å²) in [5.41, 5.74) is 0. The summed E-state index contributed by atoms with van der Waals surface area (Å²) in [5.74, 6) is -1.05. The molecule has 0 aliphatic heterocycles. The van der Waals surface area contributed by atoms with Crippen LogP contribution in [0.2, 0.25) is 0 Å². The minimum absolute atomic E-state index is 0.118. The van der Waals surface area contributed by atoms with Gasteiger partial charge in [0.1, 0.15) is 13.2 Å². The Bertz CT molecular complexity index is 1140. The van der Waals surface area contributed by atoms with Gasteiger partial charge < -0.3 is 14.2 Å². The number of esters is 3. The van der Waals surface area contributed by atoms with Gasteiger partial charge in [-0.2, -0.15) is 0 Å². The summed E-state index contributed by atoms with van der Waals surface area (Å²) in [6.45, 7) is 6.40. The first-order valence-electron chi connectivity index (χ1n) is 24.9. The number of rotatable bonds is 44. The topological polar surface area (TPSA) is 78.9 Å². The molecule has 0 radical (unpaired) electrons. The molecule has 0 aliphatic rings. The molecular formula is C54H92O6. The van der Waals surface area contributed by atoms with Crippen LogP contribution in [0.1, 0.15) is 233 Å². The number of allylic oxidation sites excluding steroid dienone is 12. The lowest BCUT2D eigenvalue weighted by molar-refractivity contribution is -0.166. The molecule has 0 saturated carbocycles. The molecule has 0 aromatic carbocycles. The highest BCUT2D eigenvalue weighted by atomic mass is 16.6. The molecule has 0 amide bonds. The van der Waals surface area contributed by atoms with E-state index in [0.717, 1.165) is 70.6 Å². The highest BCUT2D eigenvalue weighted by molar-refractivity contribution is 5.71. The maximum Gasteiger partial charge on any atom is 0.306 e. The first-order chi connectivity index (χ1) is 29.5. The largest absolute Gasteiger partial charge is 0.462 e. The van der Waals surface area contributed by atoms with Crippen LogP contribution in [0.25, 0.3) is 0 Å². The second-order valence-corrected chi connectivity index (χ2v) is 16.3. The molecule has 1 unspecified atom stereocenters. The molecule has 0 rings (SSSR count). The van der Waals surface area contributed by atoms with Crippen LogP contribution in [-0.4, -0.2) is 37.2 Å². The van der Waals surface area contributed by atoms with E-state index in [1.807, 2.05) is 6.08 Å². The lowest BCUT2D eigenvalue weighted by Crippen LogP contribution is -2.30. The summed E-state index contributed by atoms with van der Waals surface area (Å²) < 4.78 is 16.6. The predicted octanol–water partition coefficient (Wildman–Crippen LogP) is 16.3. The first-order valence-corrected chi connectivity index (χ1v) is 24.9. The molecular weight excluding hydrogens is 745 g/mol. The maximum atomic E-state index is 12.7. The van der Waals surface area contributed by atoms with E-state index in [1.165, 1.54) is 109 Å². The standard InChI is InChI=1S/C54H92O6/c1-4-7-10-13-16-19-22-24-25-26-27-28-30-32-35-38-41-44-47-53(56)59-50-51(49-58-52(55)46-43-40-37-34-31-21-18-15-12-9-6-3)60-54(57)48-45-42-39-36-33-29-23-20-17-14-11-8-5-2/h9,12,18,21,27-29,33-34,37,39,42,51H,4-8,10-11,13-17,19-20,22-26,30-32,35-36,38,40-41,43-50H2,1-3H3/b12-9-,21-18-,28-27-,33-29-,37-34-,42-39-. The van der Waals surface area contributed by atoms with Crippen LogP contribution in [0.3, 0.4) is 0 Å². The van der Waals surface area contributed by atoms with Gasteiger partial charge in [0.2, 0.25) is 0 Å². The third kappa shape index (κ3) is 45.9. The highest BCUT2D eigenvalue weighted by Gasteiger charge is 2.19. The number of ether oxygens (including phenoxy) is 3. The third-order valence-corrected chi connectivity index (χ3v) is 10.4. The van der Waals surface area contributed by atoms with Crippen LogP contribution in [0.15, 0.2) is 72.9 Å². The smallest absolute Gasteiger partial charge is 0.306 e. The van der Waals surface area contributed by atoms with Gasteiger partial charge in [0.25, 0.3) is 0 Å². The van der Waals surface area contributed by atoms with E-state index < -0.39 is 12.1 Å². The summed E-state index contributed by atoms with van der Waals surface area (Å²) in [5, 5.41) is 0. The van der Waals surface area contributed by atoms with E-state index in [0.29, 0.717) is 19.3 Å². The van der Waals surface area contributed by atoms with Crippen LogP contribution in [0.4, 0.5) is 0 Å². The first kappa shape index (κ1) is 56.9. The van der Waals surface area contributed by atoms with Crippen molar-refractivity contribution >= 4 is 17.9 Å². The van der Waals surface area contributed by atoms with Gasteiger partial charge in [-0.05, 0) is 89.9 Å². The molecule has 0 N–H and O–H groups in total. The average Bonchev–Trinajstić information content (AvgIpc) is 3.24.